The normalized spacial score (nSPS) is 15.3. The highest BCUT2D eigenvalue weighted by atomic mass is 35.5. The van der Waals surface area contributed by atoms with Gasteiger partial charge in [-0.1, -0.05) is 55.3 Å². The third kappa shape index (κ3) is 5.56. The van der Waals surface area contributed by atoms with Gasteiger partial charge in [0.05, 0.1) is 18.8 Å². The second kappa shape index (κ2) is 9.72. The standard InChI is InChI=1S/C21H26N2O2.ClH/c22-21(12-4-5-13-21)20(24)23-19-10-6-9-18(15-19)16-25-14-11-17-7-2-1-3-8-17;/h1-3,6-10,15H,4-5,11-14,16,22H2,(H,23,24);1H. The summed E-state index contributed by atoms with van der Waals surface area (Å²) in [5, 5.41) is 2.96. The van der Waals surface area contributed by atoms with Gasteiger partial charge in [0.25, 0.3) is 0 Å². The lowest BCUT2D eigenvalue weighted by molar-refractivity contribution is -0.121. The lowest BCUT2D eigenvalue weighted by Crippen LogP contribution is -2.48. The van der Waals surface area contributed by atoms with E-state index in [2.05, 4.69) is 17.4 Å². The molecule has 0 bridgehead atoms. The summed E-state index contributed by atoms with van der Waals surface area (Å²) in [6.07, 6.45) is 4.48. The Bertz CT molecular complexity index is 700. The topological polar surface area (TPSA) is 64.4 Å². The van der Waals surface area contributed by atoms with Gasteiger partial charge in [-0.15, -0.1) is 12.4 Å². The van der Waals surface area contributed by atoms with Gasteiger partial charge >= 0.3 is 0 Å². The Morgan fingerprint density at radius 2 is 1.73 bits per heavy atom. The van der Waals surface area contributed by atoms with Crippen molar-refractivity contribution in [1.82, 2.24) is 0 Å². The lowest BCUT2D eigenvalue weighted by Gasteiger charge is -2.22. The molecule has 140 valence electrons. The molecule has 4 nitrogen and oxygen atoms in total. The Balaban J connectivity index is 0.00000243. The fraction of sp³-hybridized carbons (Fsp3) is 0.381. The summed E-state index contributed by atoms with van der Waals surface area (Å²) in [4.78, 5) is 12.4. The van der Waals surface area contributed by atoms with E-state index in [1.807, 2.05) is 42.5 Å². The Morgan fingerprint density at radius 1 is 1.04 bits per heavy atom. The highest BCUT2D eigenvalue weighted by Gasteiger charge is 2.36. The average Bonchev–Trinajstić information content (AvgIpc) is 3.08. The largest absolute Gasteiger partial charge is 0.376 e. The first-order valence-corrected chi connectivity index (χ1v) is 8.97. The van der Waals surface area contributed by atoms with Crippen LogP contribution >= 0.6 is 12.4 Å². The first-order chi connectivity index (χ1) is 12.2. The molecule has 1 aliphatic carbocycles. The predicted octanol–water partition coefficient (Wildman–Crippen LogP) is 4.08. The summed E-state index contributed by atoms with van der Waals surface area (Å²) < 4.78 is 5.77. The molecule has 2 aromatic carbocycles. The van der Waals surface area contributed by atoms with Crippen LogP contribution in [0.5, 0.6) is 0 Å². The molecule has 0 aromatic heterocycles. The first kappa shape index (κ1) is 20.4. The van der Waals surface area contributed by atoms with E-state index in [9.17, 15) is 4.79 Å². The maximum absolute atomic E-state index is 12.4. The van der Waals surface area contributed by atoms with Crippen molar-refractivity contribution in [3.05, 3.63) is 65.7 Å². The van der Waals surface area contributed by atoms with Gasteiger partial charge in [0.2, 0.25) is 5.91 Å². The summed E-state index contributed by atoms with van der Waals surface area (Å²) in [6.45, 7) is 1.21. The summed E-state index contributed by atoms with van der Waals surface area (Å²) >= 11 is 0. The van der Waals surface area contributed by atoms with E-state index in [4.69, 9.17) is 10.5 Å². The molecule has 26 heavy (non-hydrogen) atoms. The molecule has 2 aromatic rings. The molecule has 0 saturated heterocycles. The molecular weight excluding hydrogens is 348 g/mol. The van der Waals surface area contributed by atoms with Crippen molar-refractivity contribution in [3.8, 4) is 0 Å². The van der Waals surface area contributed by atoms with Crippen molar-refractivity contribution < 1.29 is 9.53 Å². The molecule has 3 N–H and O–H groups in total. The SMILES string of the molecule is Cl.NC1(C(=O)Nc2cccc(COCCc3ccccc3)c2)CCCC1. The molecule has 1 amide bonds. The Kier molecular flexibility index (Phi) is 7.64. The molecule has 3 rings (SSSR count). The quantitative estimate of drug-likeness (QED) is 0.718. The molecule has 1 fully saturated rings. The van der Waals surface area contributed by atoms with Gasteiger partial charge in [-0.2, -0.15) is 0 Å². The molecule has 1 aliphatic rings. The van der Waals surface area contributed by atoms with Gasteiger partial charge < -0.3 is 15.8 Å². The summed E-state index contributed by atoms with van der Waals surface area (Å²) in [5.74, 6) is -0.0767. The summed E-state index contributed by atoms with van der Waals surface area (Å²) in [6, 6.07) is 18.1. The van der Waals surface area contributed by atoms with Gasteiger partial charge in [-0.05, 0) is 42.5 Å². The van der Waals surface area contributed by atoms with Gasteiger partial charge in [0.1, 0.15) is 0 Å². The highest BCUT2D eigenvalue weighted by molar-refractivity contribution is 5.98. The zero-order valence-corrected chi connectivity index (χ0v) is 15.8. The fourth-order valence-corrected chi connectivity index (χ4v) is 3.25. The Morgan fingerprint density at radius 3 is 2.46 bits per heavy atom. The molecule has 0 radical (unpaired) electrons. The number of rotatable bonds is 7. The number of hydrogen-bond donors (Lipinski definition) is 2. The van der Waals surface area contributed by atoms with Crippen LogP contribution in [0.4, 0.5) is 5.69 Å². The lowest BCUT2D eigenvalue weighted by atomic mass is 9.98. The zero-order chi connectivity index (χ0) is 17.5. The van der Waals surface area contributed by atoms with Crippen molar-refractivity contribution in [3.63, 3.8) is 0 Å². The Labute approximate surface area is 161 Å². The first-order valence-electron chi connectivity index (χ1n) is 8.97. The molecule has 0 spiro atoms. The van der Waals surface area contributed by atoms with E-state index in [0.717, 1.165) is 43.4 Å². The second-order valence-corrected chi connectivity index (χ2v) is 6.81. The van der Waals surface area contributed by atoms with E-state index in [1.54, 1.807) is 0 Å². The fourth-order valence-electron chi connectivity index (χ4n) is 3.25. The number of carbonyl (C=O) groups is 1. The smallest absolute Gasteiger partial charge is 0.244 e. The van der Waals surface area contributed by atoms with Crippen LogP contribution in [-0.4, -0.2) is 18.1 Å². The van der Waals surface area contributed by atoms with Crippen LogP contribution in [0.15, 0.2) is 54.6 Å². The average molecular weight is 375 g/mol. The van der Waals surface area contributed by atoms with Crippen molar-refractivity contribution >= 4 is 24.0 Å². The van der Waals surface area contributed by atoms with Crippen LogP contribution in [0.2, 0.25) is 0 Å². The van der Waals surface area contributed by atoms with Crippen LogP contribution in [-0.2, 0) is 22.6 Å². The molecule has 5 heteroatoms. The van der Waals surface area contributed by atoms with Gasteiger partial charge in [-0.25, -0.2) is 0 Å². The summed E-state index contributed by atoms with van der Waals surface area (Å²) in [5.41, 5.74) is 8.60. The maximum atomic E-state index is 12.4. The summed E-state index contributed by atoms with van der Waals surface area (Å²) in [7, 11) is 0. The van der Waals surface area contributed by atoms with Crippen molar-refractivity contribution in [2.24, 2.45) is 5.73 Å². The van der Waals surface area contributed by atoms with Crippen molar-refractivity contribution in [2.75, 3.05) is 11.9 Å². The van der Waals surface area contributed by atoms with Crippen molar-refractivity contribution in [1.29, 1.82) is 0 Å². The van der Waals surface area contributed by atoms with E-state index >= 15 is 0 Å². The van der Waals surface area contributed by atoms with Crippen LogP contribution in [0.1, 0.15) is 36.8 Å². The van der Waals surface area contributed by atoms with Crippen LogP contribution in [0.3, 0.4) is 0 Å². The number of nitrogens with one attached hydrogen (secondary N) is 1. The third-order valence-corrected chi connectivity index (χ3v) is 4.78. The van der Waals surface area contributed by atoms with E-state index < -0.39 is 5.54 Å². The number of nitrogens with two attached hydrogens (primary N) is 1. The zero-order valence-electron chi connectivity index (χ0n) is 14.9. The molecular formula is C21H27ClN2O2. The molecule has 0 heterocycles. The third-order valence-electron chi connectivity index (χ3n) is 4.78. The minimum atomic E-state index is -0.706. The molecule has 0 atom stereocenters. The number of benzene rings is 2. The second-order valence-electron chi connectivity index (χ2n) is 6.81. The molecule has 1 saturated carbocycles. The van der Waals surface area contributed by atoms with E-state index in [1.165, 1.54) is 5.56 Å². The Hall–Kier alpha value is -1.88. The number of amides is 1. The van der Waals surface area contributed by atoms with Gasteiger partial charge in [-0.3, -0.25) is 4.79 Å². The minimum absolute atomic E-state index is 0. The number of ether oxygens (including phenoxy) is 1. The number of carbonyl (C=O) groups excluding carboxylic acids is 1. The van der Waals surface area contributed by atoms with Crippen LogP contribution < -0.4 is 11.1 Å². The van der Waals surface area contributed by atoms with Crippen LogP contribution in [0.25, 0.3) is 0 Å². The maximum Gasteiger partial charge on any atom is 0.244 e. The number of anilines is 1. The van der Waals surface area contributed by atoms with Crippen LogP contribution in [0, 0.1) is 0 Å². The van der Waals surface area contributed by atoms with Gasteiger partial charge in [0.15, 0.2) is 0 Å². The number of halogens is 1. The molecule has 0 aliphatic heterocycles. The van der Waals surface area contributed by atoms with E-state index in [0.29, 0.717) is 13.2 Å². The van der Waals surface area contributed by atoms with Crippen molar-refractivity contribution in [2.45, 2.75) is 44.2 Å². The monoisotopic (exact) mass is 374 g/mol. The molecule has 0 unspecified atom stereocenters. The predicted molar refractivity (Wildman–Crippen MR) is 108 cm³/mol. The minimum Gasteiger partial charge on any atom is -0.376 e. The van der Waals surface area contributed by atoms with E-state index in [-0.39, 0.29) is 18.3 Å². The van der Waals surface area contributed by atoms with Gasteiger partial charge in [0, 0.05) is 5.69 Å². The number of hydrogen-bond acceptors (Lipinski definition) is 3. The highest BCUT2D eigenvalue weighted by Crippen LogP contribution is 2.28.